The quantitative estimate of drug-likeness (QED) is 0.801. The van der Waals surface area contributed by atoms with Crippen LogP contribution >= 0.6 is 27.3 Å². The van der Waals surface area contributed by atoms with E-state index in [-0.39, 0.29) is 5.91 Å². The number of aryl methyl sites for hydroxylation is 1. The SMILES string of the molecule is Cc1ncc(C(=O)N(CCBr)C2CCC2)s1. The minimum absolute atomic E-state index is 0.148. The summed E-state index contributed by atoms with van der Waals surface area (Å²) in [5.41, 5.74) is 0. The second-order valence-electron chi connectivity index (χ2n) is 4.02. The lowest BCUT2D eigenvalue weighted by molar-refractivity contribution is 0.0604. The van der Waals surface area contributed by atoms with Crippen LogP contribution in [0, 0.1) is 6.92 Å². The van der Waals surface area contributed by atoms with Crippen molar-refractivity contribution in [2.24, 2.45) is 0 Å². The summed E-state index contributed by atoms with van der Waals surface area (Å²) in [7, 11) is 0. The molecule has 0 saturated heterocycles. The number of hydrogen-bond donors (Lipinski definition) is 0. The Kier molecular flexibility index (Phi) is 3.97. The molecule has 1 amide bonds. The van der Waals surface area contributed by atoms with Gasteiger partial charge in [0.05, 0.1) is 11.2 Å². The smallest absolute Gasteiger partial charge is 0.265 e. The fraction of sp³-hybridized carbons (Fsp3) is 0.636. The highest BCUT2D eigenvalue weighted by Gasteiger charge is 2.29. The van der Waals surface area contributed by atoms with E-state index in [9.17, 15) is 4.79 Å². The number of hydrogen-bond acceptors (Lipinski definition) is 3. The molecule has 16 heavy (non-hydrogen) atoms. The molecule has 0 N–H and O–H groups in total. The molecule has 1 aromatic rings. The summed E-state index contributed by atoms with van der Waals surface area (Å²) in [5, 5.41) is 1.79. The lowest BCUT2D eigenvalue weighted by Gasteiger charge is -2.37. The number of aromatic nitrogens is 1. The molecule has 3 nitrogen and oxygen atoms in total. The Hall–Kier alpha value is -0.420. The first-order valence-electron chi connectivity index (χ1n) is 5.51. The zero-order chi connectivity index (χ0) is 11.5. The normalized spacial score (nSPS) is 15.9. The molecule has 1 aliphatic carbocycles. The van der Waals surface area contributed by atoms with E-state index in [0.29, 0.717) is 6.04 Å². The summed E-state index contributed by atoms with van der Waals surface area (Å²) in [4.78, 5) is 19.2. The summed E-state index contributed by atoms with van der Waals surface area (Å²) >= 11 is 4.90. The Morgan fingerprint density at radius 1 is 1.69 bits per heavy atom. The average Bonchev–Trinajstić information content (AvgIpc) is 2.60. The van der Waals surface area contributed by atoms with Gasteiger partial charge in [-0.2, -0.15) is 0 Å². The van der Waals surface area contributed by atoms with Crippen molar-refractivity contribution < 1.29 is 4.79 Å². The van der Waals surface area contributed by atoms with Crippen LogP contribution in [0.2, 0.25) is 0 Å². The third-order valence-corrected chi connectivity index (χ3v) is 4.19. The summed E-state index contributed by atoms with van der Waals surface area (Å²) in [6.45, 7) is 2.72. The Labute approximate surface area is 108 Å². The predicted octanol–water partition coefficient (Wildman–Crippen LogP) is 2.84. The molecule has 1 fully saturated rings. The van der Waals surface area contributed by atoms with E-state index in [1.807, 2.05) is 11.8 Å². The fourth-order valence-corrected chi connectivity index (χ4v) is 2.96. The summed E-state index contributed by atoms with van der Waals surface area (Å²) in [5.74, 6) is 0.148. The number of carbonyl (C=O) groups excluding carboxylic acids is 1. The zero-order valence-electron chi connectivity index (χ0n) is 9.28. The molecular formula is C11H15BrN2OS. The molecule has 0 aliphatic heterocycles. The molecule has 1 aromatic heterocycles. The van der Waals surface area contributed by atoms with Gasteiger partial charge in [-0.1, -0.05) is 15.9 Å². The van der Waals surface area contributed by atoms with E-state index in [1.165, 1.54) is 17.8 Å². The van der Waals surface area contributed by atoms with Crippen molar-refractivity contribution in [1.29, 1.82) is 0 Å². The number of alkyl halides is 1. The number of amides is 1. The zero-order valence-corrected chi connectivity index (χ0v) is 11.7. The predicted molar refractivity (Wildman–Crippen MR) is 69.3 cm³/mol. The number of thiazole rings is 1. The molecule has 0 atom stereocenters. The third kappa shape index (κ3) is 2.46. The van der Waals surface area contributed by atoms with Crippen molar-refractivity contribution in [3.8, 4) is 0 Å². The maximum absolute atomic E-state index is 12.3. The first-order valence-corrected chi connectivity index (χ1v) is 7.45. The average molecular weight is 303 g/mol. The molecule has 5 heteroatoms. The van der Waals surface area contributed by atoms with Crippen LogP contribution in [0.3, 0.4) is 0 Å². The van der Waals surface area contributed by atoms with E-state index in [0.717, 1.165) is 34.6 Å². The van der Waals surface area contributed by atoms with Crippen LogP contribution in [-0.4, -0.2) is 33.7 Å². The van der Waals surface area contributed by atoms with E-state index in [2.05, 4.69) is 20.9 Å². The molecule has 0 spiro atoms. The topological polar surface area (TPSA) is 33.2 Å². The van der Waals surface area contributed by atoms with E-state index in [4.69, 9.17) is 0 Å². The molecule has 0 unspecified atom stereocenters. The highest BCUT2D eigenvalue weighted by molar-refractivity contribution is 9.09. The minimum atomic E-state index is 0.148. The lowest BCUT2D eigenvalue weighted by atomic mass is 9.91. The molecule has 0 aromatic carbocycles. The molecule has 1 heterocycles. The highest BCUT2D eigenvalue weighted by Crippen LogP contribution is 2.27. The van der Waals surface area contributed by atoms with Gasteiger partial charge in [-0.05, 0) is 26.2 Å². The first-order chi connectivity index (χ1) is 7.72. The van der Waals surface area contributed by atoms with Gasteiger partial charge in [-0.25, -0.2) is 4.98 Å². The highest BCUT2D eigenvalue weighted by atomic mass is 79.9. The van der Waals surface area contributed by atoms with Gasteiger partial charge in [-0.15, -0.1) is 11.3 Å². The lowest BCUT2D eigenvalue weighted by Crippen LogP contribution is -2.44. The van der Waals surface area contributed by atoms with Crippen LogP contribution in [0.15, 0.2) is 6.20 Å². The minimum Gasteiger partial charge on any atom is -0.334 e. The summed E-state index contributed by atoms with van der Waals surface area (Å²) in [6, 6.07) is 0.451. The van der Waals surface area contributed by atoms with Crippen LogP contribution in [0.4, 0.5) is 0 Å². The Balaban J connectivity index is 2.09. The summed E-state index contributed by atoms with van der Waals surface area (Å²) in [6.07, 6.45) is 5.24. The second-order valence-corrected chi connectivity index (χ2v) is 6.04. The van der Waals surface area contributed by atoms with E-state index in [1.54, 1.807) is 6.20 Å². The number of rotatable bonds is 4. The van der Waals surface area contributed by atoms with Crippen molar-refractivity contribution >= 4 is 33.2 Å². The van der Waals surface area contributed by atoms with Gasteiger partial charge < -0.3 is 4.90 Å². The Bertz CT molecular complexity index is 376. The second kappa shape index (κ2) is 5.27. The van der Waals surface area contributed by atoms with Gasteiger partial charge >= 0.3 is 0 Å². The van der Waals surface area contributed by atoms with Gasteiger partial charge in [0.25, 0.3) is 5.91 Å². The van der Waals surface area contributed by atoms with Gasteiger partial charge in [0.2, 0.25) is 0 Å². The van der Waals surface area contributed by atoms with Crippen LogP contribution in [0.1, 0.15) is 33.9 Å². The molecular weight excluding hydrogens is 288 g/mol. The van der Waals surface area contributed by atoms with Crippen LogP contribution in [0.5, 0.6) is 0 Å². The molecule has 88 valence electrons. The monoisotopic (exact) mass is 302 g/mol. The molecule has 0 bridgehead atoms. The molecule has 0 radical (unpaired) electrons. The van der Waals surface area contributed by atoms with Gasteiger partial charge in [0.15, 0.2) is 0 Å². The van der Waals surface area contributed by atoms with Gasteiger partial charge in [0.1, 0.15) is 4.88 Å². The van der Waals surface area contributed by atoms with Gasteiger partial charge in [-0.3, -0.25) is 4.79 Å². The van der Waals surface area contributed by atoms with Crippen molar-refractivity contribution in [3.05, 3.63) is 16.1 Å². The van der Waals surface area contributed by atoms with Crippen molar-refractivity contribution in [2.45, 2.75) is 32.2 Å². The first kappa shape index (κ1) is 12.0. The molecule has 2 rings (SSSR count). The number of halogens is 1. The largest absolute Gasteiger partial charge is 0.334 e. The van der Waals surface area contributed by atoms with Crippen molar-refractivity contribution in [1.82, 2.24) is 9.88 Å². The molecule has 1 aliphatic rings. The van der Waals surface area contributed by atoms with Crippen LogP contribution in [0.25, 0.3) is 0 Å². The Morgan fingerprint density at radius 3 is 2.88 bits per heavy atom. The molecule has 1 saturated carbocycles. The van der Waals surface area contributed by atoms with Crippen molar-refractivity contribution in [2.75, 3.05) is 11.9 Å². The number of nitrogens with zero attached hydrogens (tertiary/aromatic N) is 2. The van der Waals surface area contributed by atoms with Gasteiger partial charge in [0, 0.05) is 17.9 Å². The van der Waals surface area contributed by atoms with E-state index < -0.39 is 0 Å². The van der Waals surface area contributed by atoms with Crippen LogP contribution in [-0.2, 0) is 0 Å². The summed E-state index contributed by atoms with van der Waals surface area (Å²) < 4.78 is 0. The van der Waals surface area contributed by atoms with Crippen LogP contribution < -0.4 is 0 Å². The fourth-order valence-electron chi connectivity index (χ4n) is 1.84. The van der Waals surface area contributed by atoms with E-state index >= 15 is 0 Å². The number of carbonyl (C=O) groups is 1. The Morgan fingerprint density at radius 2 is 2.44 bits per heavy atom. The third-order valence-electron chi connectivity index (χ3n) is 2.93. The standard InChI is InChI=1S/C11H15BrN2OS/c1-8-13-7-10(16-8)11(15)14(6-5-12)9-3-2-4-9/h7,9H,2-6H2,1H3. The van der Waals surface area contributed by atoms with Crippen molar-refractivity contribution in [3.63, 3.8) is 0 Å². The maximum Gasteiger partial charge on any atom is 0.265 e. The maximum atomic E-state index is 12.3.